The molecule has 0 unspecified atom stereocenters. The highest BCUT2D eigenvalue weighted by atomic mass is 16.5. The third-order valence-electron chi connectivity index (χ3n) is 7.00. The monoisotopic (exact) mass is 693 g/mol. The summed E-state index contributed by atoms with van der Waals surface area (Å²) in [6, 6.07) is -0.246. The lowest BCUT2D eigenvalue weighted by molar-refractivity contribution is 0.0947. The predicted octanol–water partition coefficient (Wildman–Crippen LogP) is 4.84. The number of carbonyl (C=O) groups is 3. The number of rotatable bonds is 28. The Bertz CT molecular complexity index is 626. The third-order valence-corrected chi connectivity index (χ3v) is 7.00. The molecule has 13 heteroatoms. The number of nitrogens with zero attached hydrogens (tertiary/aromatic N) is 2. The van der Waals surface area contributed by atoms with Gasteiger partial charge in [0.1, 0.15) is 0 Å². The number of aliphatic hydroxyl groups excluding tert-OH is 3. The normalized spacial score (nSPS) is 10.2. The van der Waals surface area contributed by atoms with Gasteiger partial charge in [-0.05, 0) is 32.1 Å². The fraction of sp³-hybridized carbons (Fsp3) is 0.914. The van der Waals surface area contributed by atoms with Gasteiger partial charge in [-0.1, -0.05) is 92.4 Å². The summed E-state index contributed by atoms with van der Waals surface area (Å²) in [7, 11) is 0. The Labute approximate surface area is 293 Å². The van der Waals surface area contributed by atoms with Crippen molar-refractivity contribution in [1.29, 1.82) is 0 Å². The van der Waals surface area contributed by atoms with E-state index in [1.807, 2.05) is 4.90 Å². The lowest BCUT2D eigenvalue weighted by atomic mass is 10.2. The van der Waals surface area contributed by atoms with E-state index in [1.54, 1.807) is 0 Å². The first kappa shape index (κ1) is 50.0. The van der Waals surface area contributed by atoms with Gasteiger partial charge in [0.05, 0.1) is 33.0 Å². The van der Waals surface area contributed by atoms with Crippen molar-refractivity contribution in [3.8, 4) is 0 Å². The van der Waals surface area contributed by atoms with Gasteiger partial charge >= 0.3 is 18.1 Å². The van der Waals surface area contributed by atoms with Crippen molar-refractivity contribution >= 4 is 18.1 Å². The third kappa shape index (κ3) is 38.1. The van der Waals surface area contributed by atoms with Crippen LogP contribution in [0.5, 0.6) is 0 Å². The molecule has 13 nitrogen and oxygen atoms in total. The van der Waals surface area contributed by atoms with Crippen LogP contribution in [0.4, 0.5) is 14.4 Å². The van der Waals surface area contributed by atoms with Gasteiger partial charge in [-0.3, -0.25) is 0 Å². The molecule has 0 saturated heterocycles. The van der Waals surface area contributed by atoms with Crippen molar-refractivity contribution in [2.24, 2.45) is 0 Å². The second-order valence-corrected chi connectivity index (χ2v) is 11.6. The molecule has 6 amide bonds. The lowest BCUT2D eigenvalue weighted by Gasteiger charge is -2.21. The number of hydrogen-bond acceptors (Lipinski definition) is 7. The SMILES string of the molecule is CCCCCCNC(=O)N(CCC)CCC.CCCCCCNC(=O)N(CCO)CCO.CCCCCCNC(=O)NCCOCCO. The fourth-order valence-corrected chi connectivity index (χ4v) is 4.35. The average molecular weight is 693 g/mol. The molecule has 48 heavy (non-hydrogen) atoms. The van der Waals surface area contributed by atoms with Crippen LogP contribution in [0.3, 0.4) is 0 Å². The first-order valence-electron chi connectivity index (χ1n) is 18.8. The van der Waals surface area contributed by atoms with Crippen molar-refractivity contribution in [2.75, 3.05) is 85.4 Å². The molecule has 0 bridgehead atoms. The molecular weight excluding hydrogens is 616 g/mol. The molecule has 0 aliphatic rings. The maximum absolute atomic E-state index is 11.8. The number of urea groups is 3. The van der Waals surface area contributed by atoms with E-state index in [0.717, 1.165) is 71.1 Å². The Hall–Kier alpha value is -2.35. The van der Waals surface area contributed by atoms with Crippen molar-refractivity contribution < 1.29 is 34.4 Å². The van der Waals surface area contributed by atoms with E-state index in [1.165, 1.54) is 49.8 Å². The van der Waals surface area contributed by atoms with Gasteiger partial charge in [0, 0.05) is 52.4 Å². The highest BCUT2D eigenvalue weighted by Crippen LogP contribution is 2.00. The highest BCUT2D eigenvalue weighted by molar-refractivity contribution is 5.74. The summed E-state index contributed by atoms with van der Waals surface area (Å²) in [6.45, 7) is 16.3. The summed E-state index contributed by atoms with van der Waals surface area (Å²) in [5.41, 5.74) is 0. The number of nitrogens with one attached hydrogen (secondary N) is 4. The van der Waals surface area contributed by atoms with E-state index in [2.05, 4.69) is 55.9 Å². The zero-order valence-electron chi connectivity index (χ0n) is 31.5. The zero-order valence-corrected chi connectivity index (χ0v) is 31.5. The fourth-order valence-electron chi connectivity index (χ4n) is 4.35. The van der Waals surface area contributed by atoms with Crippen LogP contribution in [-0.4, -0.2) is 129 Å². The molecule has 0 aromatic carbocycles. The molecule has 0 rings (SSSR count). The molecule has 0 aliphatic carbocycles. The molecule has 0 radical (unpaired) electrons. The lowest BCUT2D eigenvalue weighted by Crippen LogP contribution is -2.43. The van der Waals surface area contributed by atoms with Gasteiger partial charge in [0.15, 0.2) is 0 Å². The van der Waals surface area contributed by atoms with Crippen LogP contribution in [-0.2, 0) is 4.74 Å². The summed E-state index contributed by atoms with van der Waals surface area (Å²) < 4.78 is 5.00. The van der Waals surface area contributed by atoms with Gasteiger partial charge in [0.25, 0.3) is 0 Å². The topological polar surface area (TPSA) is 176 Å². The van der Waals surface area contributed by atoms with E-state index >= 15 is 0 Å². The van der Waals surface area contributed by atoms with Crippen molar-refractivity contribution in [1.82, 2.24) is 31.1 Å². The minimum Gasteiger partial charge on any atom is -0.395 e. The number of unbranched alkanes of at least 4 members (excludes halogenated alkanes) is 9. The van der Waals surface area contributed by atoms with Gasteiger partial charge in [-0.25, -0.2) is 14.4 Å². The quantitative estimate of drug-likeness (QED) is 0.0575. The molecule has 0 aromatic heterocycles. The average Bonchev–Trinajstić information content (AvgIpc) is 3.08. The van der Waals surface area contributed by atoms with Crippen LogP contribution in [0.25, 0.3) is 0 Å². The van der Waals surface area contributed by atoms with Crippen LogP contribution < -0.4 is 21.3 Å². The molecule has 0 saturated carbocycles. The maximum Gasteiger partial charge on any atom is 0.317 e. The van der Waals surface area contributed by atoms with Gasteiger partial charge in [-0.2, -0.15) is 0 Å². The first-order chi connectivity index (χ1) is 23.3. The Morgan fingerprint density at radius 3 is 1.23 bits per heavy atom. The molecule has 0 fully saturated rings. The van der Waals surface area contributed by atoms with Gasteiger partial charge in [-0.15, -0.1) is 0 Å². The van der Waals surface area contributed by atoms with Crippen molar-refractivity contribution in [3.05, 3.63) is 0 Å². The van der Waals surface area contributed by atoms with Gasteiger partial charge in [0.2, 0.25) is 0 Å². The molecule has 0 aliphatic heterocycles. The van der Waals surface area contributed by atoms with E-state index in [9.17, 15) is 14.4 Å². The molecule has 0 atom stereocenters. The van der Waals surface area contributed by atoms with Crippen molar-refractivity contribution in [2.45, 2.75) is 125 Å². The maximum atomic E-state index is 11.8. The number of amides is 6. The zero-order chi connectivity index (χ0) is 36.5. The molecule has 0 spiro atoms. The minimum atomic E-state index is -0.209. The standard InChI is InChI=1S/C13H28N2O.2C11H24N2O3/c1-4-7-8-9-10-14-13(16)15(11-5-2)12-6-3;1-2-3-4-5-6-12-11(15)13-7-9-16-10-8-14;1-2-3-4-5-6-12-11(16)13(7-9-14)8-10-15/h4-12H2,1-3H3,(H,14,16);14H,2-10H2,1H3,(H2,12,13,15);14-15H,2-10H2,1H3,(H,12,16). The summed E-state index contributed by atoms with van der Waals surface area (Å²) in [4.78, 5) is 37.8. The largest absolute Gasteiger partial charge is 0.395 e. The van der Waals surface area contributed by atoms with Crippen LogP contribution in [0.2, 0.25) is 0 Å². The molecular formula is C35H76N6O7. The smallest absolute Gasteiger partial charge is 0.317 e. The van der Waals surface area contributed by atoms with Crippen molar-refractivity contribution in [3.63, 3.8) is 0 Å². The molecule has 0 aromatic rings. The second kappa shape index (κ2) is 42.7. The number of aliphatic hydroxyl groups is 3. The van der Waals surface area contributed by atoms with Crippen LogP contribution in [0.1, 0.15) is 125 Å². The molecule has 288 valence electrons. The van der Waals surface area contributed by atoms with Crippen LogP contribution in [0.15, 0.2) is 0 Å². The molecule has 7 N–H and O–H groups in total. The number of ether oxygens (including phenoxy) is 1. The predicted molar refractivity (Wildman–Crippen MR) is 196 cm³/mol. The minimum absolute atomic E-state index is 0.0175. The highest BCUT2D eigenvalue weighted by Gasteiger charge is 2.11. The summed E-state index contributed by atoms with van der Waals surface area (Å²) in [5, 5.41) is 37.2. The summed E-state index contributed by atoms with van der Waals surface area (Å²) in [6.07, 6.45) is 16.0. The number of hydrogen-bond donors (Lipinski definition) is 7. The number of carbonyl (C=O) groups excluding carboxylic acids is 3. The summed E-state index contributed by atoms with van der Waals surface area (Å²) >= 11 is 0. The Balaban J connectivity index is -0.000000633. The Morgan fingerprint density at radius 2 is 0.854 bits per heavy atom. The van der Waals surface area contributed by atoms with E-state index in [4.69, 9.17) is 20.1 Å². The summed E-state index contributed by atoms with van der Waals surface area (Å²) in [5.74, 6) is 0. The van der Waals surface area contributed by atoms with Gasteiger partial charge < -0.3 is 51.1 Å². The molecule has 0 heterocycles. The first-order valence-corrected chi connectivity index (χ1v) is 18.8. The van der Waals surface area contributed by atoms with Crippen LogP contribution in [0, 0.1) is 0 Å². The van der Waals surface area contributed by atoms with E-state index in [0.29, 0.717) is 26.3 Å². The van der Waals surface area contributed by atoms with Crippen LogP contribution >= 0.6 is 0 Å². The Morgan fingerprint density at radius 1 is 0.458 bits per heavy atom. The second-order valence-electron chi connectivity index (χ2n) is 11.6. The van der Waals surface area contributed by atoms with E-state index < -0.39 is 0 Å². The Kier molecular flexibility index (Phi) is 44.5. The van der Waals surface area contributed by atoms with E-state index in [-0.39, 0.29) is 51.0 Å².